The van der Waals surface area contributed by atoms with Crippen LogP contribution in [0.25, 0.3) is 0 Å². The molecule has 1 aromatic heterocycles. The van der Waals surface area contributed by atoms with Crippen LogP contribution < -0.4 is 10.1 Å². The number of pyridine rings is 1. The van der Waals surface area contributed by atoms with Crippen LogP contribution in [0.15, 0.2) is 41.0 Å². The van der Waals surface area contributed by atoms with Crippen molar-refractivity contribution >= 4 is 21.8 Å². The van der Waals surface area contributed by atoms with Crippen LogP contribution in [0.5, 0.6) is 5.75 Å². The van der Waals surface area contributed by atoms with Crippen molar-refractivity contribution in [2.75, 3.05) is 27.2 Å². The van der Waals surface area contributed by atoms with E-state index < -0.39 is 0 Å². The third kappa shape index (κ3) is 7.27. The maximum absolute atomic E-state index is 13.4. The highest BCUT2D eigenvalue weighted by Gasteiger charge is 2.20. The van der Waals surface area contributed by atoms with Crippen LogP contribution >= 0.6 is 15.9 Å². The molecule has 146 valence electrons. The van der Waals surface area contributed by atoms with E-state index in [0.29, 0.717) is 22.5 Å². The van der Waals surface area contributed by atoms with Crippen LogP contribution in [0.1, 0.15) is 29.9 Å². The minimum atomic E-state index is -0.373. The van der Waals surface area contributed by atoms with E-state index in [-0.39, 0.29) is 23.7 Å². The minimum absolute atomic E-state index is 0.0355. The van der Waals surface area contributed by atoms with Crippen molar-refractivity contribution in [3.63, 3.8) is 0 Å². The number of ether oxygens (including phenoxy) is 1. The SMILES string of the molecule is CN(C)CC(C)(C)CNC(=O)c1ccc(COc2cc(F)cc(Br)c2)cn1. The first kappa shape index (κ1) is 21.3. The molecule has 0 fully saturated rings. The van der Waals surface area contributed by atoms with E-state index >= 15 is 0 Å². The van der Waals surface area contributed by atoms with Gasteiger partial charge in [-0.05, 0) is 37.7 Å². The molecule has 1 aromatic carbocycles. The number of carbonyl (C=O) groups excluding carboxylic acids is 1. The molecule has 27 heavy (non-hydrogen) atoms. The largest absolute Gasteiger partial charge is 0.489 e. The summed E-state index contributed by atoms with van der Waals surface area (Å²) in [7, 11) is 4.02. The fourth-order valence-corrected chi connectivity index (χ4v) is 3.19. The summed E-state index contributed by atoms with van der Waals surface area (Å²) >= 11 is 3.23. The monoisotopic (exact) mass is 437 g/mol. The van der Waals surface area contributed by atoms with Gasteiger partial charge in [-0.25, -0.2) is 4.39 Å². The van der Waals surface area contributed by atoms with Gasteiger partial charge < -0.3 is 15.0 Å². The Kier molecular flexibility index (Phi) is 7.33. The lowest BCUT2D eigenvalue weighted by atomic mass is 9.93. The highest BCUT2D eigenvalue weighted by atomic mass is 79.9. The van der Waals surface area contributed by atoms with E-state index in [1.807, 2.05) is 14.1 Å². The van der Waals surface area contributed by atoms with E-state index in [9.17, 15) is 9.18 Å². The van der Waals surface area contributed by atoms with Crippen molar-refractivity contribution in [1.29, 1.82) is 0 Å². The van der Waals surface area contributed by atoms with Gasteiger partial charge >= 0.3 is 0 Å². The Labute approximate surface area is 168 Å². The van der Waals surface area contributed by atoms with Gasteiger partial charge in [-0.2, -0.15) is 0 Å². The number of carbonyl (C=O) groups is 1. The van der Waals surface area contributed by atoms with Gasteiger partial charge in [0.25, 0.3) is 5.91 Å². The number of hydrogen-bond donors (Lipinski definition) is 1. The fraction of sp³-hybridized carbons (Fsp3) is 0.400. The van der Waals surface area contributed by atoms with Crippen LogP contribution in [-0.4, -0.2) is 43.0 Å². The van der Waals surface area contributed by atoms with E-state index in [1.165, 1.54) is 12.1 Å². The average molecular weight is 438 g/mol. The van der Waals surface area contributed by atoms with Gasteiger partial charge in [0.1, 0.15) is 23.9 Å². The van der Waals surface area contributed by atoms with Gasteiger partial charge in [-0.3, -0.25) is 9.78 Å². The summed E-state index contributed by atoms with van der Waals surface area (Å²) in [4.78, 5) is 18.6. The molecule has 1 N–H and O–H groups in total. The zero-order valence-corrected chi connectivity index (χ0v) is 17.6. The van der Waals surface area contributed by atoms with Crippen molar-refractivity contribution in [3.05, 3.63) is 58.1 Å². The smallest absolute Gasteiger partial charge is 0.269 e. The molecule has 0 spiro atoms. The molecule has 5 nitrogen and oxygen atoms in total. The fourth-order valence-electron chi connectivity index (χ4n) is 2.74. The van der Waals surface area contributed by atoms with Crippen molar-refractivity contribution in [3.8, 4) is 5.75 Å². The summed E-state index contributed by atoms with van der Waals surface area (Å²) < 4.78 is 19.5. The topological polar surface area (TPSA) is 54.5 Å². The standard InChI is InChI=1S/C20H25BrFN3O2/c1-20(2,13-25(3)4)12-24-19(26)18-6-5-14(10-23-18)11-27-17-8-15(21)7-16(22)9-17/h5-10H,11-13H2,1-4H3,(H,24,26). The number of rotatable bonds is 8. The van der Waals surface area contributed by atoms with Crippen molar-refractivity contribution in [2.24, 2.45) is 5.41 Å². The number of hydrogen-bond acceptors (Lipinski definition) is 4. The Morgan fingerprint density at radius 3 is 2.63 bits per heavy atom. The van der Waals surface area contributed by atoms with Crippen molar-refractivity contribution in [1.82, 2.24) is 15.2 Å². The highest BCUT2D eigenvalue weighted by Crippen LogP contribution is 2.21. The second kappa shape index (κ2) is 9.28. The maximum Gasteiger partial charge on any atom is 0.269 e. The van der Waals surface area contributed by atoms with Crippen LogP contribution in [0.2, 0.25) is 0 Å². The Bertz CT molecular complexity index is 759. The second-order valence-corrected chi connectivity index (χ2v) is 8.45. The van der Waals surface area contributed by atoms with Gasteiger partial charge in [0.05, 0.1) is 0 Å². The molecule has 0 unspecified atom stereocenters. The molecule has 0 atom stereocenters. The first-order chi connectivity index (χ1) is 12.6. The lowest BCUT2D eigenvalue weighted by Crippen LogP contribution is -2.40. The number of nitrogens with zero attached hydrogens (tertiary/aromatic N) is 2. The molecule has 0 aliphatic heterocycles. The lowest BCUT2D eigenvalue weighted by Gasteiger charge is -2.28. The molecule has 0 radical (unpaired) electrons. The van der Waals surface area contributed by atoms with E-state index in [2.05, 4.69) is 45.0 Å². The second-order valence-electron chi connectivity index (χ2n) is 7.53. The van der Waals surface area contributed by atoms with E-state index in [0.717, 1.165) is 12.1 Å². The Morgan fingerprint density at radius 1 is 1.30 bits per heavy atom. The normalized spacial score (nSPS) is 11.5. The van der Waals surface area contributed by atoms with Crippen molar-refractivity contribution < 1.29 is 13.9 Å². The summed E-state index contributed by atoms with van der Waals surface area (Å²) in [5.74, 6) is -0.156. The molecule has 2 aromatic rings. The molecule has 2 rings (SSSR count). The number of halogens is 2. The molecular weight excluding hydrogens is 413 g/mol. The van der Waals surface area contributed by atoms with Crippen LogP contribution in [0, 0.1) is 11.2 Å². The van der Waals surface area contributed by atoms with E-state index in [4.69, 9.17) is 4.74 Å². The predicted molar refractivity (Wildman–Crippen MR) is 107 cm³/mol. The molecule has 0 saturated carbocycles. The first-order valence-electron chi connectivity index (χ1n) is 8.61. The summed E-state index contributed by atoms with van der Waals surface area (Å²) in [6.45, 7) is 5.87. The van der Waals surface area contributed by atoms with Gasteiger partial charge in [0.15, 0.2) is 0 Å². The Hall–Kier alpha value is -1.99. The molecule has 0 saturated heterocycles. The molecular formula is C20H25BrFN3O2. The highest BCUT2D eigenvalue weighted by molar-refractivity contribution is 9.10. The minimum Gasteiger partial charge on any atom is -0.489 e. The average Bonchev–Trinajstić information content (AvgIpc) is 2.56. The summed E-state index contributed by atoms with van der Waals surface area (Å²) in [5, 5.41) is 2.93. The molecule has 7 heteroatoms. The van der Waals surface area contributed by atoms with Gasteiger partial charge in [-0.1, -0.05) is 35.8 Å². The third-order valence-corrected chi connectivity index (χ3v) is 4.23. The third-order valence-electron chi connectivity index (χ3n) is 3.77. The Balaban J connectivity index is 1.89. The summed E-state index contributed by atoms with van der Waals surface area (Å²) in [6, 6.07) is 7.81. The van der Waals surface area contributed by atoms with Gasteiger partial charge in [0, 0.05) is 35.4 Å². The van der Waals surface area contributed by atoms with Crippen LogP contribution in [0.3, 0.4) is 0 Å². The molecule has 1 amide bonds. The Morgan fingerprint density at radius 2 is 2.04 bits per heavy atom. The summed E-state index contributed by atoms with van der Waals surface area (Å²) in [5.41, 5.74) is 1.11. The van der Waals surface area contributed by atoms with Crippen molar-refractivity contribution in [2.45, 2.75) is 20.5 Å². The lowest BCUT2D eigenvalue weighted by molar-refractivity contribution is 0.0924. The van der Waals surface area contributed by atoms with E-state index in [1.54, 1.807) is 24.4 Å². The van der Waals surface area contributed by atoms with Crippen LogP contribution in [-0.2, 0) is 6.61 Å². The number of aromatic nitrogens is 1. The number of benzene rings is 1. The summed E-state index contributed by atoms with van der Waals surface area (Å²) in [6.07, 6.45) is 1.59. The molecule has 0 bridgehead atoms. The molecule has 1 heterocycles. The van der Waals surface area contributed by atoms with Gasteiger partial charge in [0.2, 0.25) is 0 Å². The molecule has 0 aliphatic rings. The quantitative estimate of drug-likeness (QED) is 0.680. The maximum atomic E-state index is 13.4. The molecule has 0 aliphatic carbocycles. The predicted octanol–water partition coefficient (Wildman–Crippen LogP) is 3.88. The zero-order chi connectivity index (χ0) is 20.0. The number of amides is 1. The number of nitrogens with one attached hydrogen (secondary N) is 1. The van der Waals surface area contributed by atoms with Gasteiger partial charge in [-0.15, -0.1) is 0 Å². The zero-order valence-electron chi connectivity index (χ0n) is 16.1. The van der Waals surface area contributed by atoms with Crippen LogP contribution in [0.4, 0.5) is 4.39 Å². The first-order valence-corrected chi connectivity index (χ1v) is 9.41.